The van der Waals surface area contributed by atoms with Crippen LogP contribution in [0.5, 0.6) is 0 Å². The van der Waals surface area contributed by atoms with Gasteiger partial charge >= 0.3 is 0 Å². The Balaban J connectivity index is 0.00000121. The van der Waals surface area contributed by atoms with Gasteiger partial charge in [-0.15, -0.1) is 12.4 Å². The monoisotopic (exact) mass is 185 g/mol. The van der Waals surface area contributed by atoms with Crippen LogP contribution in [0.1, 0.15) is 6.92 Å². The van der Waals surface area contributed by atoms with Gasteiger partial charge in [-0.1, -0.05) is 5.92 Å². The molecule has 2 N–H and O–H groups in total. The highest BCUT2D eigenvalue weighted by atomic mass is 35.5. The highest BCUT2D eigenvalue weighted by Crippen LogP contribution is 1.99. The van der Waals surface area contributed by atoms with E-state index in [1.807, 2.05) is 0 Å². The first-order chi connectivity index (χ1) is 5.33. The second-order valence-electron chi connectivity index (χ2n) is 1.82. The van der Waals surface area contributed by atoms with Gasteiger partial charge in [0.25, 0.3) is 5.91 Å². The molecule has 0 aliphatic heterocycles. The summed E-state index contributed by atoms with van der Waals surface area (Å²) in [6.07, 6.45) is 3.09. The summed E-state index contributed by atoms with van der Waals surface area (Å²) in [7, 11) is 0. The molecule has 64 valence electrons. The molecule has 0 aromatic carbocycles. The Bertz CT molecular complexity index is 296. The van der Waals surface area contributed by atoms with Gasteiger partial charge in [0, 0.05) is 6.20 Å². The number of H-pyrrole nitrogens is 1. The van der Waals surface area contributed by atoms with Crippen LogP contribution in [0.4, 0.5) is 5.69 Å². The zero-order valence-corrected chi connectivity index (χ0v) is 7.23. The molecule has 5 heteroatoms. The van der Waals surface area contributed by atoms with Gasteiger partial charge in [0.05, 0.1) is 11.9 Å². The molecule has 0 radical (unpaired) electrons. The summed E-state index contributed by atoms with van der Waals surface area (Å²) in [6.45, 7) is 1.61. The number of aromatic nitrogens is 2. The van der Waals surface area contributed by atoms with Gasteiger partial charge in [-0.3, -0.25) is 9.89 Å². The van der Waals surface area contributed by atoms with Crippen molar-refractivity contribution in [2.24, 2.45) is 0 Å². The number of aromatic amines is 1. The predicted octanol–water partition coefficient (Wildman–Crippen LogP) is 0.793. The maximum Gasteiger partial charge on any atom is 0.300 e. The van der Waals surface area contributed by atoms with E-state index in [4.69, 9.17) is 0 Å². The average molecular weight is 186 g/mol. The summed E-state index contributed by atoms with van der Waals surface area (Å²) in [6, 6.07) is 0. The lowest BCUT2D eigenvalue weighted by atomic mass is 10.5. The van der Waals surface area contributed by atoms with Crippen LogP contribution < -0.4 is 5.32 Å². The van der Waals surface area contributed by atoms with E-state index in [9.17, 15) is 4.79 Å². The van der Waals surface area contributed by atoms with Crippen LogP contribution in [0.25, 0.3) is 0 Å². The zero-order chi connectivity index (χ0) is 8.10. The van der Waals surface area contributed by atoms with Gasteiger partial charge in [-0.25, -0.2) is 0 Å². The van der Waals surface area contributed by atoms with Crippen LogP contribution >= 0.6 is 12.4 Å². The van der Waals surface area contributed by atoms with Gasteiger partial charge < -0.3 is 5.32 Å². The Morgan fingerprint density at radius 3 is 3.00 bits per heavy atom. The number of carbonyl (C=O) groups is 1. The first kappa shape index (κ1) is 10.5. The fourth-order valence-electron chi connectivity index (χ4n) is 0.595. The van der Waals surface area contributed by atoms with Gasteiger partial charge in [-0.2, -0.15) is 5.10 Å². The minimum absolute atomic E-state index is 0. The molecule has 0 saturated carbocycles. The van der Waals surface area contributed by atoms with Crippen LogP contribution in [0.3, 0.4) is 0 Å². The van der Waals surface area contributed by atoms with Crippen LogP contribution in [0.15, 0.2) is 12.4 Å². The van der Waals surface area contributed by atoms with Gasteiger partial charge in [0.15, 0.2) is 0 Å². The maximum absolute atomic E-state index is 10.8. The maximum atomic E-state index is 10.8. The Labute approximate surface area is 76.2 Å². The van der Waals surface area contributed by atoms with Crippen molar-refractivity contribution in [3.8, 4) is 11.8 Å². The number of hydrogen-bond acceptors (Lipinski definition) is 2. The summed E-state index contributed by atoms with van der Waals surface area (Å²) in [4.78, 5) is 10.8. The highest BCUT2D eigenvalue weighted by Gasteiger charge is 1.96. The van der Waals surface area contributed by atoms with E-state index in [1.165, 1.54) is 6.20 Å². The van der Waals surface area contributed by atoms with E-state index in [1.54, 1.807) is 13.1 Å². The molecule has 1 rings (SSSR count). The number of amides is 1. The minimum Gasteiger partial charge on any atom is -0.312 e. The molecule has 1 aromatic heterocycles. The van der Waals surface area contributed by atoms with E-state index >= 15 is 0 Å². The third-order valence-corrected chi connectivity index (χ3v) is 0.995. The van der Waals surface area contributed by atoms with Crippen molar-refractivity contribution >= 4 is 24.0 Å². The molecule has 0 saturated heterocycles. The van der Waals surface area contributed by atoms with Crippen LogP contribution in [0.2, 0.25) is 0 Å². The third kappa shape index (κ3) is 3.08. The van der Waals surface area contributed by atoms with Gasteiger partial charge in [0.1, 0.15) is 0 Å². The van der Waals surface area contributed by atoms with E-state index in [2.05, 4.69) is 27.4 Å². The zero-order valence-electron chi connectivity index (χ0n) is 6.42. The molecule has 12 heavy (non-hydrogen) atoms. The van der Waals surface area contributed by atoms with E-state index in [0.717, 1.165) is 0 Å². The highest BCUT2D eigenvalue weighted by molar-refractivity contribution is 6.03. The van der Waals surface area contributed by atoms with Crippen molar-refractivity contribution in [3.05, 3.63) is 12.4 Å². The smallest absolute Gasteiger partial charge is 0.300 e. The normalized spacial score (nSPS) is 7.42. The molecule has 0 fully saturated rings. The Morgan fingerprint density at radius 1 is 1.75 bits per heavy atom. The number of nitrogens with one attached hydrogen (secondary N) is 2. The number of hydrogen-bond donors (Lipinski definition) is 2. The molecule has 0 spiro atoms. The number of nitrogens with zero attached hydrogens (tertiary/aromatic N) is 1. The second kappa shape index (κ2) is 5.22. The van der Waals surface area contributed by atoms with Crippen molar-refractivity contribution < 1.29 is 4.79 Å². The first-order valence-corrected chi connectivity index (χ1v) is 3.05. The van der Waals surface area contributed by atoms with Crippen molar-refractivity contribution in [2.75, 3.05) is 5.32 Å². The summed E-state index contributed by atoms with van der Waals surface area (Å²) < 4.78 is 0. The number of rotatable bonds is 1. The molecule has 0 bridgehead atoms. The molecular weight excluding hydrogens is 178 g/mol. The number of carbonyl (C=O) groups excluding carboxylic acids is 1. The lowest BCUT2D eigenvalue weighted by Gasteiger charge is -1.91. The van der Waals surface area contributed by atoms with E-state index in [-0.39, 0.29) is 18.3 Å². The molecule has 1 aromatic rings. The molecule has 0 aliphatic rings. The van der Waals surface area contributed by atoms with Crippen LogP contribution in [-0.2, 0) is 4.79 Å². The molecule has 0 unspecified atom stereocenters. The van der Waals surface area contributed by atoms with Crippen molar-refractivity contribution in [2.45, 2.75) is 6.92 Å². The SMILES string of the molecule is CC#CC(=O)Nc1cn[nH]c1.Cl. The topological polar surface area (TPSA) is 57.8 Å². The lowest BCUT2D eigenvalue weighted by Crippen LogP contribution is -2.07. The van der Waals surface area contributed by atoms with Crippen LogP contribution in [-0.4, -0.2) is 16.1 Å². The molecule has 4 nitrogen and oxygen atoms in total. The summed E-state index contributed by atoms with van der Waals surface area (Å²) in [5.41, 5.74) is 0.623. The Morgan fingerprint density at radius 2 is 2.50 bits per heavy atom. The van der Waals surface area contributed by atoms with Gasteiger partial charge in [-0.05, 0) is 12.8 Å². The lowest BCUT2D eigenvalue weighted by molar-refractivity contribution is -0.111. The largest absolute Gasteiger partial charge is 0.312 e. The van der Waals surface area contributed by atoms with Gasteiger partial charge in [0.2, 0.25) is 0 Å². The van der Waals surface area contributed by atoms with Crippen LogP contribution in [0, 0.1) is 11.8 Å². The fraction of sp³-hybridized carbons (Fsp3) is 0.143. The molecule has 0 aliphatic carbocycles. The minimum atomic E-state index is -0.325. The molecular formula is C7H8ClN3O. The number of halogens is 1. The molecule has 0 atom stereocenters. The third-order valence-electron chi connectivity index (χ3n) is 0.995. The Kier molecular flexibility index (Phi) is 4.58. The second-order valence-corrected chi connectivity index (χ2v) is 1.82. The summed E-state index contributed by atoms with van der Waals surface area (Å²) >= 11 is 0. The van der Waals surface area contributed by atoms with Crippen molar-refractivity contribution in [1.29, 1.82) is 0 Å². The fourth-order valence-corrected chi connectivity index (χ4v) is 0.595. The van der Waals surface area contributed by atoms with Crippen molar-refractivity contribution in [1.82, 2.24) is 10.2 Å². The van der Waals surface area contributed by atoms with Crippen molar-refractivity contribution in [3.63, 3.8) is 0 Å². The Hall–Kier alpha value is -1.47. The summed E-state index contributed by atoms with van der Waals surface area (Å²) in [5, 5.41) is 8.73. The van der Waals surface area contributed by atoms with E-state index in [0.29, 0.717) is 5.69 Å². The molecule has 1 heterocycles. The first-order valence-electron chi connectivity index (χ1n) is 3.05. The number of anilines is 1. The van der Waals surface area contributed by atoms with E-state index < -0.39 is 0 Å². The predicted molar refractivity (Wildman–Crippen MR) is 47.9 cm³/mol. The summed E-state index contributed by atoms with van der Waals surface area (Å²) in [5.74, 6) is 4.50. The standard InChI is InChI=1S/C7H7N3O.ClH/c1-2-3-7(11)10-6-4-8-9-5-6;/h4-5H,1H3,(H,8,9)(H,10,11);1H. The average Bonchev–Trinajstić information content (AvgIpc) is 2.40. The molecule has 1 amide bonds. The quantitative estimate of drug-likeness (QED) is 0.636.